The molecule has 0 amide bonds. The Morgan fingerprint density at radius 2 is 1.90 bits per heavy atom. The van der Waals surface area contributed by atoms with Gasteiger partial charge in [-0.3, -0.25) is 4.79 Å². The molecular weight excluding hydrogens is 390 g/mol. The van der Waals surface area contributed by atoms with Crippen molar-refractivity contribution in [2.75, 3.05) is 45.0 Å². The van der Waals surface area contributed by atoms with Gasteiger partial charge < -0.3 is 20.0 Å². The summed E-state index contributed by atoms with van der Waals surface area (Å²) in [5.74, 6) is 0.371. The molecule has 0 atom stereocenters. The lowest BCUT2D eigenvalue weighted by Crippen LogP contribution is -2.46. The number of nitrogen functional groups attached to an aromatic ring is 1. The molecule has 2 aromatic heterocycles. The van der Waals surface area contributed by atoms with Gasteiger partial charge in [-0.2, -0.15) is 4.68 Å². The molecule has 3 heterocycles. The molecular formula is C21H28ClN5O2. The smallest absolute Gasteiger partial charge is 0.247 e. The first-order valence-electron chi connectivity index (χ1n) is 9.94. The van der Waals surface area contributed by atoms with Crippen molar-refractivity contribution >= 4 is 35.0 Å². The minimum Gasteiger partial charge on any atom is -0.472 e. The van der Waals surface area contributed by atoms with E-state index < -0.39 is 0 Å². The Labute approximate surface area is 176 Å². The lowest BCUT2D eigenvalue weighted by Gasteiger charge is -2.33. The normalized spacial score (nSPS) is 15.5. The van der Waals surface area contributed by atoms with Crippen LogP contribution in [0.15, 0.2) is 41.2 Å². The van der Waals surface area contributed by atoms with Crippen LogP contribution < -0.4 is 5.73 Å². The Morgan fingerprint density at radius 1 is 1.14 bits per heavy atom. The van der Waals surface area contributed by atoms with Gasteiger partial charge in [0.15, 0.2) is 5.82 Å². The molecule has 0 aliphatic carbocycles. The highest BCUT2D eigenvalue weighted by Crippen LogP contribution is 2.28. The number of aromatic nitrogens is 2. The number of likely N-dealkylation sites (N-methyl/N-ethyl adjacent to an activating group) is 1. The third kappa shape index (κ3) is 4.63. The van der Waals surface area contributed by atoms with Crippen molar-refractivity contribution in [3.05, 3.63) is 36.8 Å². The van der Waals surface area contributed by atoms with Crippen molar-refractivity contribution in [2.45, 2.75) is 19.8 Å². The van der Waals surface area contributed by atoms with Crippen LogP contribution >= 0.6 is 12.4 Å². The minimum atomic E-state index is -0.0155. The molecule has 3 aromatic rings. The molecule has 1 aliphatic heterocycles. The summed E-state index contributed by atoms with van der Waals surface area (Å²) in [5, 5.41) is 5.10. The maximum absolute atomic E-state index is 12.8. The van der Waals surface area contributed by atoms with Crippen LogP contribution in [0.4, 0.5) is 5.82 Å². The highest BCUT2D eigenvalue weighted by molar-refractivity contribution is 5.98. The van der Waals surface area contributed by atoms with Crippen LogP contribution in [0.5, 0.6) is 0 Å². The predicted molar refractivity (Wildman–Crippen MR) is 118 cm³/mol. The van der Waals surface area contributed by atoms with Crippen molar-refractivity contribution < 1.29 is 9.21 Å². The summed E-state index contributed by atoms with van der Waals surface area (Å²) < 4.78 is 6.63. The molecule has 1 aromatic carbocycles. The van der Waals surface area contributed by atoms with E-state index in [0.717, 1.165) is 67.7 Å². The summed E-state index contributed by atoms with van der Waals surface area (Å²) in [4.78, 5) is 17.7. The van der Waals surface area contributed by atoms with Gasteiger partial charge in [-0.25, -0.2) is 0 Å². The molecule has 1 fully saturated rings. The van der Waals surface area contributed by atoms with Crippen molar-refractivity contribution in [3.8, 4) is 11.1 Å². The maximum atomic E-state index is 12.8. The fourth-order valence-corrected chi connectivity index (χ4v) is 3.83. The predicted octanol–water partition coefficient (Wildman–Crippen LogP) is 3.36. The van der Waals surface area contributed by atoms with Crippen molar-refractivity contribution in [3.63, 3.8) is 0 Å². The average Bonchev–Trinajstić information content (AvgIpc) is 3.37. The Bertz CT molecular complexity index is 946. The SMILES string of the molecule is CCN1CCN(CCCC(=O)n2nc(N)c3ccc(-c4ccoc4)cc32)CC1.Cl. The lowest BCUT2D eigenvalue weighted by atomic mass is 10.1. The molecule has 4 rings (SSSR count). The van der Waals surface area contributed by atoms with E-state index in [-0.39, 0.29) is 18.3 Å². The van der Waals surface area contributed by atoms with Gasteiger partial charge in [-0.15, -0.1) is 17.5 Å². The number of carbonyl (C=O) groups is 1. The first-order chi connectivity index (χ1) is 13.7. The second-order valence-electron chi connectivity index (χ2n) is 7.31. The Kier molecular flexibility index (Phi) is 6.95. The molecule has 7 nitrogen and oxygen atoms in total. The summed E-state index contributed by atoms with van der Waals surface area (Å²) >= 11 is 0. The number of carbonyl (C=O) groups excluding carboxylic acids is 1. The number of rotatable bonds is 6. The number of anilines is 1. The van der Waals surface area contributed by atoms with Gasteiger partial charge in [0.25, 0.3) is 0 Å². The summed E-state index contributed by atoms with van der Waals surface area (Å²) in [6, 6.07) is 7.73. The van der Waals surface area contributed by atoms with Gasteiger partial charge in [0.05, 0.1) is 18.0 Å². The van der Waals surface area contributed by atoms with Crippen molar-refractivity contribution in [1.82, 2.24) is 19.6 Å². The molecule has 0 bridgehead atoms. The highest BCUT2D eigenvalue weighted by Gasteiger charge is 2.18. The molecule has 8 heteroatoms. The summed E-state index contributed by atoms with van der Waals surface area (Å²) in [7, 11) is 0. The van der Waals surface area contributed by atoms with E-state index in [1.54, 1.807) is 12.5 Å². The number of benzene rings is 1. The molecule has 156 valence electrons. The number of hydrogen-bond donors (Lipinski definition) is 1. The largest absolute Gasteiger partial charge is 0.472 e. The first kappa shape index (κ1) is 21.4. The van der Waals surface area contributed by atoms with E-state index in [2.05, 4.69) is 21.8 Å². The van der Waals surface area contributed by atoms with Crippen LogP contribution in [0.2, 0.25) is 0 Å². The quantitative estimate of drug-likeness (QED) is 0.662. The van der Waals surface area contributed by atoms with Gasteiger partial charge >= 0.3 is 0 Å². The second kappa shape index (κ2) is 9.43. The average molecular weight is 418 g/mol. The van der Waals surface area contributed by atoms with Crippen molar-refractivity contribution in [2.24, 2.45) is 0 Å². The van der Waals surface area contributed by atoms with E-state index in [1.807, 2.05) is 24.3 Å². The molecule has 0 unspecified atom stereocenters. The third-order valence-electron chi connectivity index (χ3n) is 5.58. The third-order valence-corrected chi connectivity index (χ3v) is 5.58. The zero-order valence-corrected chi connectivity index (χ0v) is 17.5. The number of nitrogens with zero attached hydrogens (tertiary/aromatic N) is 4. The highest BCUT2D eigenvalue weighted by atomic mass is 35.5. The van der Waals surface area contributed by atoms with Gasteiger partial charge in [0.2, 0.25) is 5.91 Å². The fraction of sp³-hybridized carbons (Fsp3) is 0.429. The fourth-order valence-electron chi connectivity index (χ4n) is 3.83. The van der Waals surface area contributed by atoms with Crippen LogP contribution in [0.3, 0.4) is 0 Å². The first-order valence-corrected chi connectivity index (χ1v) is 9.94. The van der Waals surface area contributed by atoms with Crippen LogP contribution in [-0.2, 0) is 0 Å². The molecule has 0 saturated carbocycles. The number of piperazine rings is 1. The van der Waals surface area contributed by atoms with Crippen LogP contribution in [0, 0.1) is 0 Å². The van der Waals surface area contributed by atoms with E-state index in [1.165, 1.54) is 4.68 Å². The summed E-state index contributed by atoms with van der Waals surface area (Å²) in [6.45, 7) is 8.64. The topological polar surface area (TPSA) is 80.5 Å². The lowest BCUT2D eigenvalue weighted by molar-refractivity contribution is 0.0875. The molecule has 29 heavy (non-hydrogen) atoms. The number of fused-ring (bicyclic) bond motifs is 1. The second-order valence-corrected chi connectivity index (χ2v) is 7.31. The maximum Gasteiger partial charge on any atom is 0.247 e. The van der Waals surface area contributed by atoms with Crippen molar-refractivity contribution in [1.29, 1.82) is 0 Å². The molecule has 1 aliphatic rings. The van der Waals surface area contributed by atoms with E-state index in [0.29, 0.717) is 12.2 Å². The Balaban J connectivity index is 0.00000240. The number of hydrogen-bond acceptors (Lipinski definition) is 6. The molecule has 2 N–H and O–H groups in total. The van der Waals surface area contributed by atoms with E-state index in [9.17, 15) is 4.79 Å². The van der Waals surface area contributed by atoms with Gasteiger partial charge in [0.1, 0.15) is 0 Å². The summed E-state index contributed by atoms with van der Waals surface area (Å²) in [6.07, 6.45) is 4.61. The van der Waals surface area contributed by atoms with E-state index >= 15 is 0 Å². The Hall–Kier alpha value is -2.35. The standard InChI is InChI=1S/C21H27N5O2.ClH/c1-2-24-9-11-25(12-10-24)8-3-4-20(27)26-19-14-16(17-7-13-28-15-17)5-6-18(19)21(22)23-26;/h5-7,13-15H,2-4,8-12H2,1H3,(H2,22,23);1H. The Morgan fingerprint density at radius 3 is 2.59 bits per heavy atom. The molecule has 0 radical (unpaired) electrons. The van der Waals surface area contributed by atoms with Gasteiger partial charge in [-0.05, 0) is 43.3 Å². The molecule has 0 spiro atoms. The van der Waals surface area contributed by atoms with Gasteiger partial charge in [0, 0.05) is 43.5 Å². The zero-order chi connectivity index (χ0) is 19.5. The van der Waals surface area contributed by atoms with Crippen LogP contribution in [-0.4, -0.2) is 64.8 Å². The van der Waals surface area contributed by atoms with Gasteiger partial charge in [-0.1, -0.05) is 13.0 Å². The zero-order valence-electron chi connectivity index (χ0n) is 16.7. The molecule has 1 saturated heterocycles. The van der Waals surface area contributed by atoms with E-state index in [4.69, 9.17) is 10.2 Å². The number of nitrogens with two attached hydrogens (primary N) is 1. The number of halogens is 1. The number of furan rings is 1. The van der Waals surface area contributed by atoms with Crippen LogP contribution in [0.1, 0.15) is 24.6 Å². The minimum absolute atomic E-state index is 0. The summed E-state index contributed by atoms with van der Waals surface area (Å²) in [5.41, 5.74) is 8.73. The van der Waals surface area contributed by atoms with Crippen LogP contribution in [0.25, 0.3) is 22.0 Å². The monoisotopic (exact) mass is 417 g/mol.